The normalized spacial score (nSPS) is 35.8. The summed E-state index contributed by atoms with van der Waals surface area (Å²) in [4.78, 5) is 0. The molecular weight excluding hydrogens is 140 g/mol. The van der Waals surface area contributed by atoms with Crippen molar-refractivity contribution in [2.24, 2.45) is 5.92 Å². The van der Waals surface area contributed by atoms with Gasteiger partial charge < -0.3 is 0 Å². The number of rotatable bonds is 1. The summed E-state index contributed by atoms with van der Waals surface area (Å²) < 4.78 is 29.1. The summed E-state index contributed by atoms with van der Waals surface area (Å²) in [6.07, 6.45) is 1.25. The third kappa shape index (κ3) is 1.43. The van der Waals surface area contributed by atoms with E-state index in [1.54, 1.807) is 0 Å². The van der Waals surface area contributed by atoms with Gasteiger partial charge in [-0.1, -0.05) is 6.92 Å². The molecule has 1 saturated carbocycles. The molecule has 0 amide bonds. The van der Waals surface area contributed by atoms with E-state index in [1.165, 1.54) is 0 Å². The summed E-state index contributed by atoms with van der Waals surface area (Å²) in [5.41, 5.74) is 0. The van der Waals surface area contributed by atoms with Gasteiger partial charge in [0.25, 0.3) is 10.1 Å². The van der Waals surface area contributed by atoms with Crippen molar-refractivity contribution in [3.63, 3.8) is 0 Å². The zero-order chi connectivity index (χ0) is 7.07. The molecule has 1 rings (SSSR count). The highest BCUT2D eigenvalue weighted by Crippen LogP contribution is 2.31. The van der Waals surface area contributed by atoms with Gasteiger partial charge in [0, 0.05) is 0 Å². The molecule has 1 aliphatic carbocycles. The lowest BCUT2D eigenvalue weighted by atomic mass is 9.87. The van der Waals surface area contributed by atoms with Crippen molar-refractivity contribution >= 4 is 10.1 Å². The van der Waals surface area contributed by atoms with E-state index in [0.29, 0.717) is 18.8 Å². The molecule has 0 saturated heterocycles. The fraction of sp³-hybridized carbons (Fsp3) is 1.00. The Bertz CT molecular complexity index is 188. The molecule has 9 heavy (non-hydrogen) atoms. The molecule has 1 fully saturated rings. The Morgan fingerprint density at radius 1 is 1.44 bits per heavy atom. The molecule has 4 heteroatoms. The predicted octanol–water partition coefficient (Wildman–Crippen LogP) is 0.673. The molecule has 0 heterocycles. The van der Waals surface area contributed by atoms with Crippen LogP contribution < -0.4 is 0 Å². The maximum atomic E-state index is 10.3. The first-order valence-electron chi connectivity index (χ1n) is 2.96. The van der Waals surface area contributed by atoms with Gasteiger partial charge in [-0.05, 0) is 18.8 Å². The van der Waals surface area contributed by atoms with Gasteiger partial charge >= 0.3 is 0 Å². The Balaban J connectivity index is 2.51. The largest absolute Gasteiger partial charge is 0.285 e. The van der Waals surface area contributed by atoms with Crippen LogP contribution in [0.3, 0.4) is 0 Å². The SMILES string of the molecule is CC1CC(S(=O)(=O)O)C1. The number of hydrogen-bond donors (Lipinski definition) is 1. The molecule has 3 nitrogen and oxygen atoms in total. The van der Waals surface area contributed by atoms with Crippen molar-refractivity contribution in [1.82, 2.24) is 0 Å². The Morgan fingerprint density at radius 3 is 2.00 bits per heavy atom. The quantitative estimate of drug-likeness (QED) is 0.559. The van der Waals surface area contributed by atoms with E-state index in [0.717, 1.165) is 0 Å². The van der Waals surface area contributed by atoms with Crippen LogP contribution in [0.25, 0.3) is 0 Å². The minimum Gasteiger partial charge on any atom is -0.285 e. The Labute approximate surface area is 54.8 Å². The average Bonchev–Trinajstić information content (AvgIpc) is 1.55. The third-order valence-corrected chi connectivity index (χ3v) is 2.98. The first-order chi connectivity index (χ1) is 4.00. The van der Waals surface area contributed by atoms with E-state index in [2.05, 4.69) is 0 Å². The van der Waals surface area contributed by atoms with Gasteiger partial charge in [0.2, 0.25) is 0 Å². The van der Waals surface area contributed by atoms with Crippen LogP contribution in [0.4, 0.5) is 0 Å². The minimum absolute atomic E-state index is 0.465. The lowest BCUT2D eigenvalue weighted by molar-refractivity contribution is 0.323. The van der Waals surface area contributed by atoms with Crippen LogP contribution >= 0.6 is 0 Å². The van der Waals surface area contributed by atoms with Crippen LogP contribution in [0.15, 0.2) is 0 Å². The van der Waals surface area contributed by atoms with Crippen molar-refractivity contribution in [3.05, 3.63) is 0 Å². The molecule has 0 bridgehead atoms. The monoisotopic (exact) mass is 150 g/mol. The summed E-state index contributed by atoms with van der Waals surface area (Å²) in [5, 5.41) is -0.465. The topological polar surface area (TPSA) is 54.4 Å². The molecule has 1 N–H and O–H groups in total. The minimum atomic E-state index is -3.70. The first-order valence-corrected chi connectivity index (χ1v) is 4.47. The van der Waals surface area contributed by atoms with Crippen molar-refractivity contribution in [2.45, 2.75) is 25.0 Å². The molecule has 0 aromatic heterocycles. The highest BCUT2D eigenvalue weighted by molar-refractivity contribution is 7.86. The first kappa shape index (κ1) is 7.02. The Morgan fingerprint density at radius 2 is 1.89 bits per heavy atom. The van der Waals surface area contributed by atoms with Crippen LogP contribution in [0, 0.1) is 5.92 Å². The smallest absolute Gasteiger partial charge is 0.267 e. The van der Waals surface area contributed by atoms with Gasteiger partial charge in [-0.25, -0.2) is 0 Å². The Kier molecular flexibility index (Phi) is 1.52. The molecule has 0 spiro atoms. The van der Waals surface area contributed by atoms with E-state index in [1.807, 2.05) is 6.92 Å². The summed E-state index contributed by atoms with van der Waals surface area (Å²) in [6.45, 7) is 1.97. The van der Waals surface area contributed by atoms with Gasteiger partial charge in [0.05, 0.1) is 5.25 Å². The molecule has 0 atom stereocenters. The van der Waals surface area contributed by atoms with Crippen molar-refractivity contribution in [2.75, 3.05) is 0 Å². The van der Waals surface area contributed by atoms with E-state index < -0.39 is 15.4 Å². The zero-order valence-electron chi connectivity index (χ0n) is 5.24. The van der Waals surface area contributed by atoms with Gasteiger partial charge in [-0.2, -0.15) is 8.42 Å². The second kappa shape index (κ2) is 1.95. The van der Waals surface area contributed by atoms with Crippen molar-refractivity contribution in [1.29, 1.82) is 0 Å². The third-order valence-electron chi connectivity index (χ3n) is 1.75. The van der Waals surface area contributed by atoms with Crippen molar-refractivity contribution < 1.29 is 13.0 Å². The van der Waals surface area contributed by atoms with E-state index in [-0.39, 0.29) is 0 Å². The fourth-order valence-electron chi connectivity index (χ4n) is 1.07. The number of hydrogen-bond acceptors (Lipinski definition) is 2. The maximum absolute atomic E-state index is 10.3. The molecular formula is C5H10O3S. The van der Waals surface area contributed by atoms with Crippen LogP contribution in [0.2, 0.25) is 0 Å². The highest BCUT2D eigenvalue weighted by Gasteiger charge is 2.34. The lowest BCUT2D eigenvalue weighted by Crippen LogP contribution is -2.33. The lowest BCUT2D eigenvalue weighted by Gasteiger charge is -2.29. The molecule has 0 aromatic rings. The van der Waals surface area contributed by atoms with E-state index in [9.17, 15) is 8.42 Å². The van der Waals surface area contributed by atoms with Gasteiger partial charge in [0.15, 0.2) is 0 Å². The summed E-state index contributed by atoms with van der Waals surface area (Å²) in [7, 11) is -3.70. The average molecular weight is 150 g/mol. The fourth-order valence-corrected chi connectivity index (χ4v) is 2.22. The van der Waals surface area contributed by atoms with Crippen LogP contribution in [-0.4, -0.2) is 18.2 Å². The molecule has 0 aromatic carbocycles. The van der Waals surface area contributed by atoms with Crippen molar-refractivity contribution in [3.8, 4) is 0 Å². The summed E-state index contributed by atoms with van der Waals surface area (Å²) in [5.74, 6) is 0.469. The highest BCUT2D eigenvalue weighted by atomic mass is 32.2. The molecule has 1 aliphatic rings. The standard InChI is InChI=1S/C5H10O3S/c1-4-2-5(3-4)9(6,7)8/h4-5H,2-3H2,1H3,(H,6,7,8). The summed E-state index contributed by atoms with van der Waals surface area (Å²) >= 11 is 0. The molecule has 0 radical (unpaired) electrons. The second-order valence-corrected chi connectivity index (χ2v) is 4.41. The van der Waals surface area contributed by atoms with Gasteiger partial charge in [-0.3, -0.25) is 4.55 Å². The van der Waals surface area contributed by atoms with Gasteiger partial charge in [0.1, 0.15) is 0 Å². The Hall–Kier alpha value is -0.0900. The van der Waals surface area contributed by atoms with Gasteiger partial charge in [-0.15, -0.1) is 0 Å². The van der Waals surface area contributed by atoms with Crippen LogP contribution in [-0.2, 0) is 10.1 Å². The molecule has 0 aliphatic heterocycles. The summed E-state index contributed by atoms with van der Waals surface area (Å²) in [6, 6.07) is 0. The van der Waals surface area contributed by atoms with E-state index >= 15 is 0 Å². The second-order valence-electron chi connectivity index (χ2n) is 2.71. The van der Waals surface area contributed by atoms with Crippen LogP contribution in [0.1, 0.15) is 19.8 Å². The van der Waals surface area contributed by atoms with E-state index in [4.69, 9.17) is 4.55 Å². The maximum Gasteiger partial charge on any atom is 0.267 e. The molecule has 0 unspecified atom stereocenters. The van der Waals surface area contributed by atoms with Crippen LogP contribution in [0.5, 0.6) is 0 Å². The molecule has 54 valence electrons. The predicted molar refractivity (Wildman–Crippen MR) is 33.7 cm³/mol. The zero-order valence-corrected chi connectivity index (χ0v) is 6.06.